The Labute approximate surface area is 165 Å². The lowest BCUT2D eigenvalue weighted by molar-refractivity contribution is -0.117. The monoisotopic (exact) mass is 432 g/mol. The third-order valence-electron chi connectivity index (χ3n) is 4.30. The summed E-state index contributed by atoms with van der Waals surface area (Å²) in [6, 6.07) is 15.8. The molecule has 0 radical (unpaired) electrons. The van der Waals surface area contributed by atoms with Crippen LogP contribution in [0.15, 0.2) is 58.0 Å². The number of fused-ring (bicyclic) bond motifs is 1. The van der Waals surface area contributed by atoms with Crippen LogP contribution in [-0.2, 0) is 16.0 Å². The van der Waals surface area contributed by atoms with Crippen LogP contribution >= 0.6 is 15.9 Å². The van der Waals surface area contributed by atoms with E-state index in [1.54, 1.807) is 4.90 Å². The third kappa shape index (κ3) is 4.37. The van der Waals surface area contributed by atoms with Crippen molar-refractivity contribution in [2.75, 3.05) is 29.5 Å². The molecule has 0 N–H and O–H groups in total. The van der Waals surface area contributed by atoms with Crippen molar-refractivity contribution in [2.24, 2.45) is 4.99 Å². The standard InChI is InChI=1S/C20H21BrN2O2S/c1-2-26(25)12-6-11-23-18-10-9-16(21)13-17(18)20(22-14-19(23)24)15-7-4-3-5-8-15/h3-5,7-10,13H,2,6,11-12,14H2,1H3. The van der Waals surface area contributed by atoms with Gasteiger partial charge in [-0.1, -0.05) is 57.4 Å². The van der Waals surface area contributed by atoms with E-state index in [2.05, 4.69) is 20.9 Å². The largest absolute Gasteiger partial charge is 0.616 e. The minimum absolute atomic E-state index is 0.0261. The second-order valence-corrected chi connectivity index (χ2v) is 8.80. The van der Waals surface area contributed by atoms with Crippen molar-refractivity contribution in [3.63, 3.8) is 0 Å². The summed E-state index contributed by atoms with van der Waals surface area (Å²) in [4.78, 5) is 19.1. The fourth-order valence-electron chi connectivity index (χ4n) is 3.00. The average Bonchev–Trinajstić information content (AvgIpc) is 2.79. The van der Waals surface area contributed by atoms with Gasteiger partial charge in [-0.3, -0.25) is 9.79 Å². The van der Waals surface area contributed by atoms with Gasteiger partial charge in [0.15, 0.2) is 0 Å². The van der Waals surface area contributed by atoms with Crippen LogP contribution in [0, 0.1) is 0 Å². The van der Waals surface area contributed by atoms with Gasteiger partial charge in [0.05, 0.1) is 11.4 Å². The van der Waals surface area contributed by atoms with E-state index < -0.39 is 11.2 Å². The molecule has 26 heavy (non-hydrogen) atoms. The summed E-state index contributed by atoms with van der Waals surface area (Å²) in [5.74, 6) is 1.24. The van der Waals surface area contributed by atoms with E-state index in [1.165, 1.54) is 0 Å². The van der Waals surface area contributed by atoms with Crippen LogP contribution < -0.4 is 4.90 Å². The van der Waals surface area contributed by atoms with Gasteiger partial charge in [0.1, 0.15) is 18.1 Å². The van der Waals surface area contributed by atoms with Crippen molar-refractivity contribution < 1.29 is 9.35 Å². The molecule has 0 saturated carbocycles. The van der Waals surface area contributed by atoms with E-state index in [9.17, 15) is 9.35 Å². The number of carbonyl (C=O) groups excluding carboxylic acids is 1. The van der Waals surface area contributed by atoms with E-state index in [1.807, 2.05) is 55.5 Å². The minimum Gasteiger partial charge on any atom is -0.616 e. The Morgan fingerprint density at radius 3 is 2.73 bits per heavy atom. The normalized spacial score (nSPS) is 15.3. The molecule has 1 atom stereocenters. The first-order valence-electron chi connectivity index (χ1n) is 8.65. The van der Waals surface area contributed by atoms with Gasteiger partial charge in [-0.2, -0.15) is 0 Å². The Bertz CT molecular complexity index is 811. The number of rotatable bonds is 6. The van der Waals surface area contributed by atoms with Gasteiger partial charge >= 0.3 is 0 Å². The summed E-state index contributed by atoms with van der Waals surface area (Å²) >= 11 is 2.71. The highest BCUT2D eigenvalue weighted by atomic mass is 79.9. The zero-order chi connectivity index (χ0) is 18.5. The number of hydrogen-bond donors (Lipinski definition) is 0. The van der Waals surface area contributed by atoms with E-state index >= 15 is 0 Å². The molecule has 1 amide bonds. The van der Waals surface area contributed by atoms with Crippen molar-refractivity contribution in [1.29, 1.82) is 0 Å². The van der Waals surface area contributed by atoms with E-state index in [0.29, 0.717) is 24.5 Å². The second kappa shape index (κ2) is 8.84. The number of amides is 1. The maximum absolute atomic E-state index is 12.7. The zero-order valence-electron chi connectivity index (χ0n) is 14.7. The second-order valence-electron chi connectivity index (χ2n) is 6.02. The van der Waals surface area contributed by atoms with Crippen LogP contribution in [0.1, 0.15) is 24.5 Å². The smallest absolute Gasteiger partial charge is 0.248 e. The van der Waals surface area contributed by atoms with Crippen LogP contribution in [0.5, 0.6) is 0 Å². The Hall–Kier alpha value is -1.63. The molecule has 0 spiro atoms. The van der Waals surface area contributed by atoms with E-state index in [0.717, 1.165) is 27.0 Å². The summed E-state index contributed by atoms with van der Waals surface area (Å²) in [5, 5.41) is 0. The molecule has 1 aliphatic rings. The van der Waals surface area contributed by atoms with Crippen LogP contribution in [-0.4, -0.2) is 40.8 Å². The fourth-order valence-corrected chi connectivity index (χ4v) is 4.10. The Balaban J connectivity index is 1.95. The summed E-state index contributed by atoms with van der Waals surface area (Å²) < 4.78 is 12.7. The minimum atomic E-state index is -0.819. The molecule has 2 aromatic rings. The van der Waals surface area contributed by atoms with E-state index in [-0.39, 0.29) is 12.5 Å². The predicted octanol–water partition coefficient (Wildman–Crippen LogP) is 3.79. The van der Waals surface area contributed by atoms with Gasteiger partial charge in [0, 0.05) is 28.6 Å². The predicted molar refractivity (Wildman–Crippen MR) is 112 cm³/mol. The SMILES string of the molecule is CC[S+]([O-])CCCN1C(=O)CN=C(c2ccccc2)c2cc(Br)ccc21. The fraction of sp³-hybridized carbons (Fsp3) is 0.300. The lowest BCUT2D eigenvalue weighted by Gasteiger charge is -2.23. The molecular weight excluding hydrogens is 412 g/mol. The Morgan fingerprint density at radius 2 is 2.00 bits per heavy atom. The van der Waals surface area contributed by atoms with Crippen LogP contribution in [0.3, 0.4) is 0 Å². The molecule has 0 saturated heterocycles. The molecule has 4 nitrogen and oxygen atoms in total. The first kappa shape index (κ1) is 19.1. The molecule has 0 fully saturated rings. The highest BCUT2D eigenvalue weighted by molar-refractivity contribution is 9.10. The maximum Gasteiger partial charge on any atom is 0.248 e. The summed E-state index contributed by atoms with van der Waals surface area (Å²) in [7, 11) is 0. The molecule has 6 heteroatoms. The molecular formula is C20H21BrN2O2S. The number of benzodiazepines with no additional fused rings is 1. The van der Waals surface area contributed by atoms with Gasteiger partial charge in [0.2, 0.25) is 5.91 Å². The molecule has 0 aliphatic carbocycles. The first-order chi connectivity index (χ1) is 12.6. The zero-order valence-corrected chi connectivity index (χ0v) is 17.1. The number of benzene rings is 2. The van der Waals surface area contributed by atoms with Gasteiger partial charge in [-0.05, 0) is 25.1 Å². The number of aliphatic imine (C=N–C) groups is 1. The average molecular weight is 433 g/mol. The summed E-state index contributed by atoms with van der Waals surface area (Å²) in [6.07, 6.45) is 0.711. The third-order valence-corrected chi connectivity index (χ3v) is 6.18. The molecule has 0 bridgehead atoms. The number of hydrogen-bond acceptors (Lipinski definition) is 3. The van der Waals surface area contributed by atoms with Crippen molar-refractivity contribution in [3.05, 3.63) is 64.1 Å². The molecule has 2 aromatic carbocycles. The molecule has 136 valence electrons. The van der Waals surface area contributed by atoms with E-state index in [4.69, 9.17) is 0 Å². The lowest BCUT2D eigenvalue weighted by Crippen LogP contribution is -2.34. The van der Waals surface area contributed by atoms with Gasteiger partial charge in [0.25, 0.3) is 0 Å². The maximum atomic E-state index is 12.7. The van der Waals surface area contributed by atoms with Crippen LogP contribution in [0.25, 0.3) is 0 Å². The van der Waals surface area contributed by atoms with Crippen molar-refractivity contribution in [1.82, 2.24) is 0 Å². The van der Waals surface area contributed by atoms with Crippen molar-refractivity contribution in [2.45, 2.75) is 13.3 Å². The molecule has 0 aromatic heterocycles. The number of nitrogens with zero attached hydrogens (tertiary/aromatic N) is 2. The number of anilines is 1. The van der Waals surface area contributed by atoms with Gasteiger partial charge in [-0.15, -0.1) is 0 Å². The Morgan fingerprint density at radius 1 is 1.23 bits per heavy atom. The lowest BCUT2D eigenvalue weighted by atomic mass is 10.0. The molecule has 3 rings (SSSR count). The molecule has 1 unspecified atom stereocenters. The highest BCUT2D eigenvalue weighted by Gasteiger charge is 2.25. The quantitative estimate of drug-likeness (QED) is 0.651. The van der Waals surface area contributed by atoms with Gasteiger partial charge < -0.3 is 9.45 Å². The number of halogens is 1. The molecule has 1 aliphatic heterocycles. The molecule has 1 heterocycles. The topological polar surface area (TPSA) is 55.7 Å². The first-order valence-corrected chi connectivity index (χ1v) is 10.9. The van der Waals surface area contributed by atoms with Gasteiger partial charge in [-0.25, -0.2) is 0 Å². The van der Waals surface area contributed by atoms with Crippen LogP contribution in [0.4, 0.5) is 5.69 Å². The highest BCUT2D eigenvalue weighted by Crippen LogP contribution is 2.30. The number of carbonyl (C=O) groups is 1. The van der Waals surface area contributed by atoms with Crippen molar-refractivity contribution >= 4 is 44.4 Å². The van der Waals surface area contributed by atoms with Crippen LogP contribution in [0.2, 0.25) is 0 Å². The van der Waals surface area contributed by atoms with Crippen molar-refractivity contribution in [3.8, 4) is 0 Å². The summed E-state index contributed by atoms with van der Waals surface area (Å²) in [5.41, 5.74) is 3.62. The summed E-state index contributed by atoms with van der Waals surface area (Å²) in [6.45, 7) is 2.59. The Kier molecular flexibility index (Phi) is 6.51.